The summed E-state index contributed by atoms with van der Waals surface area (Å²) >= 11 is 0. The van der Waals surface area contributed by atoms with Crippen molar-refractivity contribution in [2.45, 2.75) is 59.9 Å². The molecule has 0 fully saturated rings. The smallest absolute Gasteiger partial charge is 0.0236 e. The van der Waals surface area contributed by atoms with Gasteiger partial charge in [-0.1, -0.05) is 70.2 Å². The van der Waals surface area contributed by atoms with Crippen LogP contribution in [0, 0.1) is 0 Å². The molecular formula is C29H33N. The normalized spacial score (nSPS) is 13.4. The molecule has 0 radical (unpaired) electrons. The van der Waals surface area contributed by atoms with Gasteiger partial charge < -0.3 is 0 Å². The van der Waals surface area contributed by atoms with E-state index in [9.17, 15) is 0 Å². The maximum atomic E-state index is 2.54. The van der Waals surface area contributed by atoms with E-state index in [0.29, 0.717) is 0 Å². The van der Waals surface area contributed by atoms with Crippen LogP contribution in [0.5, 0.6) is 0 Å². The minimum Gasteiger partial charge on any atom is -0.300 e. The molecule has 0 spiro atoms. The molecule has 2 aliphatic rings. The molecule has 2 aliphatic carbocycles. The van der Waals surface area contributed by atoms with Crippen LogP contribution in [0.25, 0.3) is 22.3 Å². The molecule has 0 aromatic heterocycles. The van der Waals surface area contributed by atoms with E-state index in [2.05, 4.69) is 75.1 Å². The lowest BCUT2D eigenvalue weighted by Crippen LogP contribution is -2.22. The van der Waals surface area contributed by atoms with E-state index in [1.165, 1.54) is 22.3 Å². The quantitative estimate of drug-likeness (QED) is 0.306. The zero-order valence-corrected chi connectivity index (χ0v) is 18.9. The van der Waals surface area contributed by atoms with E-state index >= 15 is 0 Å². The van der Waals surface area contributed by atoms with Crippen LogP contribution in [0.3, 0.4) is 0 Å². The number of benzene rings is 3. The largest absolute Gasteiger partial charge is 0.300 e. The first-order valence-corrected chi connectivity index (χ1v) is 11.8. The summed E-state index contributed by atoms with van der Waals surface area (Å²) in [6, 6.07) is 16.1. The monoisotopic (exact) mass is 395 g/mol. The van der Waals surface area contributed by atoms with Crippen LogP contribution in [0.15, 0.2) is 42.5 Å². The summed E-state index contributed by atoms with van der Waals surface area (Å²) in [5.41, 5.74) is 17.2. The van der Waals surface area contributed by atoms with Crippen molar-refractivity contribution in [3.05, 3.63) is 81.4 Å². The molecule has 0 N–H and O–H groups in total. The van der Waals surface area contributed by atoms with Crippen molar-refractivity contribution in [2.75, 3.05) is 13.1 Å². The van der Waals surface area contributed by atoms with E-state index in [0.717, 1.165) is 45.3 Å². The molecule has 1 heteroatoms. The highest BCUT2D eigenvalue weighted by atomic mass is 15.1. The van der Waals surface area contributed by atoms with Gasteiger partial charge in [-0.05, 0) is 100.0 Å². The van der Waals surface area contributed by atoms with Crippen LogP contribution >= 0.6 is 0 Å². The Morgan fingerprint density at radius 3 is 2.13 bits per heavy atom. The van der Waals surface area contributed by atoms with Crippen LogP contribution in [0.2, 0.25) is 0 Å². The van der Waals surface area contributed by atoms with Crippen molar-refractivity contribution < 1.29 is 0 Å². The zero-order valence-electron chi connectivity index (χ0n) is 18.9. The van der Waals surface area contributed by atoms with Gasteiger partial charge in [0.2, 0.25) is 0 Å². The zero-order chi connectivity index (χ0) is 20.8. The molecule has 0 atom stereocenters. The lowest BCUT2D eigenvalue weighted by Gasteiger charge is -2.20. The first-order valence-electron chi connectivity index (χ1n) is 11.8. The molecule has 154 valence electrons. The van der Waals surface area contributed by atoms with Gasteiger partial charge in [0.25, 0.3) is 0 Å². The van der Waals surface area contributed by atoms with E-state index in [1.54, 1.807) is 38.9 Å². The van der Waals surface area contributed by atoms with Gasteiger partial charge >= 0.3 is 0 Å². The average molecular weight is 396 g/mol. The van der Waals surface area contributed by atoms with E-state index in [1.807, 2.05) is 0 Å². The standard InChI is InChI=1S/C29H33N/c1-5-21-22(6-2)28-24-15-11-13-20(18-30(7-3)8-4)25(24)17-27(28)29-23-14-10-9-12-19(23)16-26(21)29/h9-15H,5-8,16-18H2,1-4H3. The second kappa shape index (κ2) is 7.71. The van der Waals surface area contributed by atoms with Crippen molar-refractivity contribution in [1.29, 1.82) is 0 Å². The molecular weight excluding hydrogens is 362 g/mol. The second-order valence-corrected chi connectivity index (χ2v) is 8.79. The molecule has 5 rings (SSSR count). The first kappa shape index (κ1) is 19.6. The summed E-state index contributed by atoms with van der Waals surface area (Å²) in [4.78, 5) is 2.54. The van der Waals surface area contributed by atoms with Crippen molar-refractivity contribution in [1.82, 2.24) is 4.90 Å². The van der Waals surface area contributed by atoms with Crippen LogP contribution in [0.4, 0.5) is 0 Å². The van der Waals surface area contributed by atoms with Gasteiger partial charge in [0, 0.05) is 6.54 Å². The Morgan fingerprint density at radius 1 is 0.667 bits per heavy atom. The highest BCUT2D eigenvalue weighted by Gasteiger charge is 2.33. The number of nitrogens with zero attached hydrogens (tertiary/aromatic N) is 1. The molecule has 0 amide bonds. The minimum atomic E-state index is 1.06. The summed E-state index contributed by atoms with van der Waals surface area (Å²) in [5, 5.41) is 0. The summed E-state index contributed by atoms with van der Waals surface area (Å²) in [6.45, 7) is 12.5. The number of hydrogen-bond acceptors (Lipinski definition) is 1. The van der Waals surface area contributed by atoms with Crippen LogP contribution < -0.4 is 0 Å². The van der Waals surface area contributed by atoms with Gasteiger partial charge in [0.15, 0.2) is 0 Å². The molecule has 0 bridgehead atoms. The fourth-order valence-electron chi connectivity index (χ4n) is 6.01. The number of hydrogen-bond donors (Lipinski definition) is 0. The minimum absolute atomic E-state index is 1.06. The van der Waals surface area contributed by atoms with Gasteiger partial charge in [-0.3, -0.25) is 4.90 Å². The van der Waals surface area contributed by atoms with E-state index in [4.69, 9.17) is 0 Å². The Kier molecular flexibility index (Phi) is 5.03. The highest BCUT2D eigenvalue weighted by Crippen LogP contribution is 2.51. The molecule has 30 heavy (non-hydrogen) atoms. The van der Waals surface area contributed by atoms with Crippen molar-refractivity contribution >= 4 is 0 Å². The highest BCUT2D eigenvalue weighted by molar-refractivity contribution is 5.93. The summed E-state index contributed by atoms with van der Waals surface area (Å²) in [7, 11) is 0. The van der Waals surface area contributed by atoms with Gasteiger partial charge in [-0.2, -0.15) is 0 Å². The maximum absolute atomic E-state index is 2.54. The Hall–Kier alpha value is -2.38. The fraction of sp³-hybridized carbons (Fsp3) is 0.379. The van der Waals surface area contributed by atoms with Crippen molar-refractivity contribution in [3.63, 3.8) is 0 Å². The Bertz CT molecular complexity index is 1120. The predicted molar refractivity (Wildman–Crippen MR) is 128 cm³/mol. The molecule has 0 aliphatic heterocycles. The molecule has 1 nitrogen and oxygen atoms in total. The fourth-order valence-corrected chi connectivity index (χ4v) is 6.01. The molecule has 3 aromatic carbocycles. The van der Waals surface area contributed by atoms with Crippen LogP contribution in [-0.2, 0) is 32.2 Å². The van der Waals surface area contributed by atoms with Gasteiger partial charge in [-0.25, -0.2) is 0 Å². The maximum Gasteiger partial charge on any atom is 0.0236 e. The van der Waals surface area contributed by atoms with Crippen LogP contribution in [0.1, 0.15) is 66.6 Å². The molecule has 0 saturated carbocycles. The van der Waals surface area contributed by atoms with Crippen molar-refractivity contribution in [2.24, 2.45) is 0 Å². The average Bonchev–Trinajstić information content (AvgIpc) is 3.35. The first-order chi connectivity index (χ1) is 14.7. The van der Waals surface area contributed by atoms with Gasteiger partial charge in [0.05, 0.1) is 0 Å². The van der Waals surface area contributed by atoms with Crippen molar-refractivity contribution in [3.8, 4) is 22.3 Å². The molecule has 0 unspecified atom stereocenters. The van der Waals surface area contributed by atoms with E-state index < -0.39 is 0 Å². The Morgan fingerprint density at radius 2 is 1.40 bits per heavy atom. The topological polar surface area (TPSA) is 3.24 Å². The third-order valence-corrected chi connectivity index (χ3v) is 7.48. The lowest BCUT2D eigenvalue weighted by atomic mass is 9.84. The van der Waals surface area contributed by atoms with Gasteiger partial charge in [0.1, 0.15) is 0 Å². The summed E-state index contributed by atoms with van der Waals surface area (Å²) in [5.74, 6) is 0. The van der Waals surface area contributed by atoms with E-state index in [-0.39, 0.29) is 0 Å². The Labute approximate surface area is 181 Å². The predicted octanol–water partition coefficient (Wildman–Crippen LogP) is 6.80. The Balaban J connectivity index is 1.75. The molecule has 3 aromatic rings. The van der Waals surface area contributed by atoms with Crippen LogP contribution in [-0.4, -0.2) is 18.0 Å². The lowest BCUT2D eigenvalue weighted by molar-refractivity contribution is 0.295. The molecule has 0 saturated heterocycles. The SMILES string of the molecule is CCc1c2c(c3c(c1CC)-c1cccc(CN(CC)CC)c1C3)-c1ccccc1C2. The molecule has 0 heterocycles. The number of fused-ring (bicyclic) bond motifs is 7. The third-order valence-electron chi connectivity index (χ3n) is 7.48. The number of rotatable bonds is 6. The summed E-state index contributed by atoms with van der Waals surface area (Å²) in [6.07, 6.45) is 4.45. The van der Waals surface area contributed by atoms with Gasteiger partial charge in [-0.15, -0.1) is 0 Å². The second-order valence-electron chi connectivity index (χ2n) is 8.79. The third kappa shape index (κ3) is 2.79. The summed E-state index contributed by atoms with van der Waals surface area (Å²) < 4.78 is 0.